The molecule has 6 nitrogen and oxygen atoms in total. The van der Waals surface area contributed by atoms with Gasteiger partial charge in [0.2, 0.25) is 0 Å². The van der Waals surface area contributed by atoms with Gasteiger partial charge in [-0.25, -0.2) is 4.79 Å². The lowest BCUT2D eigenvalue weighted by Crippen LogP contribution is -2.37. The zero-order chi connectivity index (χ0) is 16.1. The molecule has 0 aliphatic rings. The van der Waals surface area contributed by atoms with Crippen LogP contribution in [0.3, 0.4) is 0 Å². The smallest absolute Gasteiger partial charge is 0.320 e. The Morgan fingerprint density at radius 2 is 1.95 bits per heavy atom. The van der Waals surface area contributed by atoms with Crippen molar-refractivity contribution in [2.45, 2.75) is 13.0 Å². The molecule has 1 aromatic carbocycles. The van der Waals surface area contributed by atoms with Crippen molar-refractivity contribution in [3.8, 4) is 0 Å². The average molecular weight is 301 g/mol. The van der Waals surface area contributed by atoms with E-state index in [1.165, 1.54) is 11.1 Å². The maximum Gasteiger partial charge on any atom is 0.320 e. The predicted octanol–water partition coefficient (Wildman–Crippen LogP) is 2.15. The van der Waals surface area contributed by atoms with E-state index in [-0.39, 0.29) is 12.1 Å². The number of hydrogen-bond acceptors (Lipinski definition) is 3. The van der Waals surface area contributed by atoms with Crippen LogP contribution in [0.5, 0.6) is 0 Å². The molecule has 0 saturated carbocycles. The van der Waals surface area contributed by atoms with Gasteiger partial charge in [0.05, 0.1) is 6.04 Å². The van der Waals surface area contributed by atoms with Crippen molar-refractivity contribution in [3.63, 3.8) is 0 Å². The Kier molecular flexibility index (Phi) is 5.16. The van der Waals surface area contributed by atoms with E-state index in [9.17, 15) is 4.79 Å². The molecule has 1 unspecified atom stereocenters. The van der Waals surface area contributed by atoms with Crippen molar-refractivity contribution in [3.05, 3.63) is 47.7 Å². The van der Waals surface area contributed by atoms with Crippen LogP contribution in [0.15, 0.2) is 36.5 Å². The Balaban J connectivity index is 1.94. The number of rotatable bonds is 5. The maximum atomic E-state index is 11.9. The van der Waals surface area contributed by atoms with Gasteiger partial charge in [0.25, 0.3) is 0 Å². The van der Waals surface area contributed by atoms with Crippen LogP contribution in [0.2, 0.25) is 0 Å². The molecule has 1 atom stereocenters. The van der Waals surface area contributed by atoms with E-state index in [1.54, 1.807) is 16.9 Å². The molecule has 0 spiro atoms. The van der Waals surface area contributed by atoms with E-state index in [0.29, 0.717) is 12.4 Å². The molecule has 2 amide bonds. The summed E-state index contributed by atoms with van der Waals surface area (Å²) in [6.45, 7) is 2.59. The highest BCUT2D eigenvalue weighted by Gasteiger charge is 2.15. The molecule has 0 radical (unpaired) electrons. The Labute approximate surface area is 131 Å². The van der Waals surface area contributed by atoms with Crippen LogP contribution in [-0.2, 0) is 7.05 Å². The number of benzene rings is 1. The molecule has 2 N–H and O–H groups in total. The van der Waals surface area contributed by atoms with Crippen molar-refractivity contribution in [1.29, 1.82) is 0 Å². The van der Waals surface area contributed by atoms with E-state index in [1.807, 2.05) is 21.1 Å². The fourth-order valence-electron chi connectivity index (χ4n) is 2.22. The molecule has 0 saturated heterocycles. The van der Waals surface area contributed by atoms with Gasteiger partial charge in [0.1, 0.15) is 0 Å². The van der Waals surface area contributed by atoms with Crippen LogP contribution >= 0.6 is 0 Å². The van der Waals surface area contributed by atoms with Crippen molar-refractivity contribution in [2.24, 2.45) is 7.05 Å². The first-order valence-electron chi connectivity index (χ1n) is 7.23. The summed E-state index contributed by atoms with van der Waals surface area (Å²) in [7, 11) is 5.81. The minimum absolute atomic E-state index is 0.120. The normalized spacial score (nSPS) is 12.2. The molecular weight excluding hydrogens is 278 g/mol. The molecular formula is C16H23N5O. The van der Waals surface area contributed by atoms with Crippen LogP contribution in [-0.4, -0.2) is 41.4 Å². The molecule has 2 aromatic rings. The van der Waals surface area contributed by atoms with Gasteiger partial charge >= 0.3 is 6.03 Å². The molecule has 118 valence electrons. The van der Waals surface area contributed by atoms with Crippen LogP contribution in [0.1, 0.15) is 17.2 Å². The number of aryl methyl sites for hydroxylation is 2. The molecule has 0 aliphatic heterocycles. The lowest BCUT2D eigenvalue weighted by Gasteiger charge is -2.25. The highest BCUT2D eigenvalue weighted by atomic mass is 16.2. The first-order chi connectivity index (χ1) is 10.5. The van der Waals surface area contributed by atoms with Crippen LogP contribution in [0, 0.1) is 6.92 Å². The average Bonchev–Trinajstić information content (AvgIpc) is 2.86. The van der Waals surface area contributed by atoms with Gasteiger partial charge in [-0.3, -0.25) is 10.00 Å². The molecule has 22 heavy (non-hydrogen) atoms. The first kappa shape index (κ1) is 16.0. The third kappa shape index (κ3) is 4.33. The van der Waals surface area contributed by atoms with Gasteiger partial charge in [-0.2, -0.15) is 5.10 Å². The van der Waals surface area contributed by atoms with E-state index in [2.05, 4.69) is 51.8 Å². The lowest BCUT2D eigenvalue weighted by molar-refractivity contribution is 0.243. The number of likely N-dealkylation sites (N-methyl/N-ethyl adjacent to an activating group) is 1. The second-order valence-electron chi connectivity index (χ2n) is 5.60. The molecule has 1 aromatic heterocycles. The number of nitrogens with zero attached hydrogens (tertiary/aromatic N) is 3. The summed E-state index contributed by atoms with van der Waals surface area (Å²) in [5.41, 5.74) is 2.40. The molecule has 6 heteroatoms. The van der Waals surface area contributed by atoms with E-state index >= 15 is 0 Å². The Morgan fingerprint density at radius 3 is 2.50 bits per heavy atom. The third-order valence-electron chi connectivity index (χ3n) is 3.50. The lowest BCUT2D eigenvalue weighted by atomic mass is 10.0. The Morgan fingerprint density at radius 1 is 1.27 bits per heavy atom. The van der Waals surface area contributed by atoms with E-state index in [4.69, 9.17) is 0 Å². The number of carbonyl (C=O) groups is 1. The molecule has 1 heterocycles. The largest absolute Gasteiger partial charge is 0.336 e. The highest BCUT2D eigenvalue weighted by Crippen LogP contribution is 2.17. The van der Waals surface area contributed by atoms with Crippen molar-refractivity contribution >= 4 is 11.8 Å². The molecule has 0 aliphatic carbocycles. The third-order valence-corrected chi connectivity index (χ3v) is 3.50. The number of anilines is 1. The van der Waals surface area contributed by atoms with Gasteiger partial charge < -0.3 is 10.2 Å². The van der Waals surface area contributed by atoms with E-state index in [0.717, 1.165) is 0 Å². The summed E-state index contributed by atoms with van der Waals surface area (Å²) in [4.78, 5) is 14.0. The van der Waals surface area contributed by atoms with Gasteiger partial charge in [0.15, 0.2) is 5.82 Å². The van der Waals surface area contributed by atoms with E-state index < -0.39 is 0 Å². The summed E-state index contributed by atoms with van der Waals surface area (Å²) < 4.78 is 1.64. The van der Waals surface area contributed by atoms with Gasteiger partial charge in [-0.05, 0) is 26.6 Å². The van der Waals surface area contributed by atoms with Crippen LogP contribution < -0.4 is 10.6 Å². The summed E-state index contributed by atoms with van der Waals surface area (Å²) >= 11 is 0. The van der Waals surface area contributed by atoms with Gasteiger partial charge in [0, 0.05) is 25.9 Å². The number of hydrogen-bond donors (Lipinski definition) is 2. The fraction of sp³-hybridized carbons (Fsp3) is 0.375. The number of urea groups is 1. The van der Waals surface area contributed by atoms with Crippen LogP contribution in [0.25, 0.3) is 0 Å². The van der Waals surface area contributed by atoms with Crippen LogP contribution in [0.4, 0.5) is 10.6 Å². The van der Waals surface area contributed by atoms with Crippen molar-refractivity contribution < 1.29 is 4.79 Å². The first-order valence-corrected chi connectivity index (χ1v) is 7.23. The quantitative estimate of drug-likeness (QED) is 0.889. The summed E-state index contributed by atoms with van der Waals surface area (Å²) in [5.74, 6) is 0.539. The second-order valence-corrected chi connectivity index (χ2v) is 5.60. The fourth-order valence-corrected chi connectivity index (χ4v) is 2.22. The minimum atomic E-state index is -0.252. The number of nitrogens with one attached hydrogen (secondary N) is 2. The topological polar surface area (TPSA) is 62.2 Å². The standard InChI is InChI=1S/C16H23N5O/c1-12-5-7-13(8-6-12)14(20(2)3)11-17-16(22)18-15-9-10-21(4)19-15/h5-10,14H,11H2,1-4H3,(H2,17,18,19,22). The number of carbonyl (C=O) groups excluding carboxylic acids is 1. The Hall–Kier alpha value is -2.34. The molecule has 0 fully saturated rings. The summed E-state index contributed by atoms with van der Waals surface area (Å²) in [5, 5.41) is 9.73. The zero-order valence-corrected chi connectivity index (χ0v) is 13.5. The monoisotopic (exact) mass is 301 g/mol. The zero-order valence-electron chi connectivity index (χ0n) is 13.5. The van der Waals surface area contributed by atoms with Crippen molar-refractivity contribution in [2.75, 3.05) is 26.0 Å². The summed E-state index contributed by atoms with van der Waals surface area (Å²) in [6.07, 6.45) is 1.78. The Bertz CT molecular complexity index is 618. The number of amides is 2. The maximum absolute atomic E-state index is 11.9. The predicted molar refractivity (Wildman–Crippen MR) is 87.8 cm³/mol. The second kappa shape index (κ2) is 7.09. The highest BCUT2D eigenvalue weighted by molar-refractivity contribution is 5.88. The molecule has 2 rings (SSSR count). The summed E-state index contributed by atoms with van der Waals surface area (Å²) in [6, 6.07) is 9.98. The number of aromatic nitrogens is 2. The van der Waals surface area contributed by atoms with Gasteiger partial charge in [-0.15, -0.1) is 0 Å². The van der Waals surface area contributed by atoms with Gasteiger partial charge in [-0.1, -0.05) is 29.8 Å². The SMILES string of the molecule is Cc1ccc(C(CNC(=O)Nc2ccn(C)n2)N(C)C)cc1. The minimum Gasteiger partial charge on any atom is -0.336 e. The van der Waals surface area contributed by atoms with Crippen molar-refractivity contribution in [1.82, 2.24) is 20.0 Å². The molecule has 0 bridgehead atoms.